The quantitative estimate of drug-likeness (QED) is 0.499. The van der Waals surface area contributed by atoms with Gasteiger partial charge in [0.05, 0.1) is 0 Å². The Morgan fingerprint density at radius 2 is 2.21 bits per heavy atom. The fourth-order valence-corrected chi connectivity index (χ4v) is 2.19. The molecular weight excluding hydrogens is 180 g/mol. The molecule has 2 atom stereocenters. The van der Waals surface area contributed by atoms with Gasteiger partial charge in [-0.05, 0) is 12.8 Å². The summed E-state index contributed by atoms with van der Waals surface area (Å²) in [6.45, 7) is 3.67. The van der Waals surface area contributed by atoms with E-state index in [0.29, 0.717) is 12.2 Å². The molecule has 1 saturated carbocycles. The predicted octanol–water partition coefficient (Wildman–Crippen LogP) is 1.78. The smallest absolute Gasteiger partial charge is 0.160 e. The summed E-state index contributed by atoms with van der Waals surface area (Å²) in [5.41, 5.74) is 0. The molecule has 0 heterocycles. The number of rotatable bonds is 5. The lowest BCUT2D eigenvalue weighted by atomic mass is 9.92. The second-order valence-corrected chi connectivity index (χ2v) is 3.64. The number of ether oxygens (including phenoxy) is 2. The lowest BCUT2D eigenvalue weighted by Gasteiger charge is -2.24. The second kappa shape index (κ2) is 5.27. The van der Waals surface area contributed by atoms with Crippen LogP contribution < -0.4 is 0 Å². The molecule has 0 radical (unpaired) electrons. The van der Waals surface area contributed by atoms with Gasteiger partial charge in [0.2, 0.25) is 0 Å². The van der Waals surface area contributed by atoms with E-state index in [4.69, 9.17) is 9.47 Å². The molecule has 0 aliphatic heterocycles. The first kappa shape index (κ1) is 11.4. The molecule has 3 heteroatoms. The topological polar surface area (TPSA) is 35.5 Å². The van der Waals surface area contributed by atoms with Gasteiger partial charge < -0.3 is 9.47 Å². The van der Waals surface area contributed by atoms with Crippen LogP contribution in [0.4, 0.5) is 0 Å². The van der Waals surface area contributed by atoms with Crippen LogP contribution in [0.1, 0.15) is 19.3 Å². The minimum absolute atomic E-state index is 0.0393. The number of hydrogen-bond donors (Lipinski definition) is 0. The van der Waals surface area contributed by atoms with Crippen molar-refractivity contribution in [3.8, 4) is 0 Å². The molecule has 0 aromatic heterocycles. The van der Waals surface area contributed by atoms with Crippen molar-refractivity contribution in [2.24, 2.45) is 11.8 Å². The monoisotopic (exact) mass is 198 g/mol. The maximum absolute atomic E-state index is 11.6. The van der Waals surface area contributed by atoms with Crippen molar-refractivity contribution in [2.45, 2.75) is 25.6 Å². The summed E-state index contributed by atoms with van der Waals surface area (Å²) in [5, 5.41) is 0. The summed E-state index contributed by atoms with van der Waals surface area (Å²) in [6.07, 6.45) is 3.78. The molecule has 1 aliphatic rings. The molecule has 0 amide bonds. The summed E-state index contributed by atoms with van der Waals surface area (Å²) in [5.74, 6) is 0.543. The third kappa shape index (κ3) is 2.22. The van der Waals surface area contributed by atoms with Crippen molar-refractivity contribution in [1.82, 2.24) is 0 Å². The fourth-order valence-electron chi connectivity index (χ4n) is 2.19. The van der Waals surface area contributed by atoms with Gasteiger partial charge in [0.25, 0.3) is 0 Å². The van der Waals surface area contributed by atoms with E-state index in [1.807, 2.05) is 0 Å². The van der Waals surface area contributed by atoms with Gasteiger partial charge >= 0.3 is 0 Å². The lowest BCUT2D eigenvalue weighted by molar-refractivity contribution is -0.149. The van der Waals surface area contributed by atoms with Gasteiger partial charge in [-0.25, -0.2) is 0 Å². The van der Waals surface area contributed by atoms with E-state index < -0.39 is 0 Å². The number of allylic oxidation sites excluding steroid dienone is 1. The maximum atomic E-state index is 11.6. The van der Waals surface area contributed by atoms with Gasteiger partial charge in [-0.15, -0.1) is 6.58 Å². The zero-order valence-corrected chi connectivity index (χ0v) is 8.86. The molecule has 80 valence electrons. The number of carbonyl (C=O) groups excluding carboxylic acids is 1. The van der Waals surface area contributed by atoms with Crippen molar-refractivity contribution in [3.63, 3.8) is 0 Å². The predicted molar refractivity (Wildman–Crippen MR) is 53.8 cm³/mol. The molecule has 1 fully saturated rings. The van der Waals surface area contributed by atoms with Crippen molar-refractivity contribution in [3.05, 3.63) is 12.7 Å². The Hall–Kier alpha value is -0.670. The van der Waals surface area contributed by atoms with Gasteiger partial charge in [-0.1, -0.05) is 6.08 Å². The molecule has 1 rings (SSSR count). The van der Waals surface area contributed by atoms with Crippen LogP contribution in [0.3, 0.4) is 0 Å². The molecule has 0 spiro atoms. The summed E-state index contributed by atoms with van der Waals surface area (Å²) < 4.78 is 10.4. The first-order chi connectivity index (χ1) is 6.74. The Labute approximate surface area is 85.1 Å². The van der Waals surface area contributed by atoms with E-state index >= 15 is 0 Å². The van der Waals surface area contributed by atoms with E-state index in [2.05, 4.69) is 6.58 Å². The fraction of sp³-hybridized carbons (Fsp3) is 0.727. The van der Waals surface area contributed by atoms with Gasteiger partial charge in [0.1, 0.15) is 5.78 Å². The molecule has 1 aliphatic carbocycles. The highest BCUT2D eigenvalue weighted by molar-refractivity contribution is 5.83. The van der Waals surface area contributed by atoms with Crippen LogP contribution in [0.2, 0.25) is 0 Å². The van der Waals surface area contributed by atoms with Gasteiger partial charge in [-0.2, -0.15) is 0 Å². The standard InChI is InChI=1S/C11H18O3/c1-4-5-8-9(6-7-10(8)12)11(13-2)14-3/h4,8-9,11H,1,5-7H2,2-3H3/t8-,9+/m0/s1. The van der Waals surface area contributed by atoms with Crippen LogP contribution in [0.5, 0.6) is 0 Å². The van der Waals surface area contributed by atoms with Crippen LogP contribution in [0, 0.1) is 11.8 Å². The average molecular weight is 198 g/mol. The van der Waals surface area contributed by atoms with Gasteiger partial charge in [0.15, 0.2) is 6.29 Å². The highest BCUT2D eigenvalue weighted by Gasteiger charge is 2.38. The van der Waals surface area contributed by atoms with Crippen LogP contribution >= 0.6 is 0 Å². The molecule has 0 aromatic carbocycles. The molecule has 0 saturated heterocycles. The zero-order valence-electron chi connectivity index (χ0n) is 8.86. The minimum Gasteiger partial charge on any atom is -0.356 e. The number of methoxy groups -OCH3 is 2. The van der Waals surface area contributed by atoms with E-state index in [9.17, 15) is 4.79 Å². The van der Waals surface area contributed by atoms with Crippen LogP contribution in [0.25, 0.3) is 0 Å². The number of Topliss-reactive ketones (excluding diaryl/α,β-unsaturated/α-hetero) is 1. The molecular formula is C11H18O3. The molecule has 0 unspecified atom stereocenters. The number of carbonyl (C=O) groups is 1. The molecule has 14 heavy (non-hydrogen) atoms. The Morgan fingerprint density at radius 3 is 2.71 bits per heavy atom. The molecule has 0 bridgehead atoms. The van der Waals surface area contributed by atoms with E-state index in [0.717, 1.165) is 12.8 Å². The Bertz CT molecular complexity index is 209. The molecule has 0 N–H and O–H groups in total. The minimum atomic E-state index is -0.258. The molecule has 3 nitrogen and oxygen atoms in total. The third-order valence-corrected chi connectivity index (χ3v) is 2.89. The van der Waals surface area contributed by atoms with Crippen LogP contribution in [-0.2, 0) is 14.3 Å². The first-order valence-corrected chi connectivity index (χ1v) is 4.93. The third-order valence-electron chi connectivity index (χ3n) is 2.89. The largest absolute Gasteiger partial charge is 0.356 e. The SMILES string of the molecule is C=CC[C@@H]1C(=O)CC[C@H]1C(OC)OC. The summed E-state index contributed by atoms with van der Waals surface area (Å²) in [6, 6.07) is 0. The average Bonchev–Trinajstić information content (AvgIpc) is 2.53. The first-order valence-electron chi connectivity index (χ1n) is 4.93. The van der Waals surface area contributed by atoms with Crippen molar-refractivity contribution in [1.29, 1.82) is 0 Å². The number of ketones is 1. The van der Waals surface area contributed by atoms with Crippen LogP contribution in [0.15, 0.2) is 12.7 Å². The van der Waals surface area contributed by atoms with Gasteiger partial charge in [0, 0.05) is 32.5 Å². The summed E-state index contributed by atoms with van der Waals surface area (Å²) in [7, 11) is 3.23. The normalized spacial score (nSPS) is 27.2. The number of hydrogen-bond acceptors (Lipinski definition) is 3. The Morgan fingerprint density at radius 1 is 1.57 bits per heavy atom. The van der Waals surface area contributed by atoms with E-state index in [1.54, 1.807) is 20.3 Å². The van der Waals surface area contributed by atoms with Crippen molar-refractivity contribution >= 4 is 5.78 Å². The highest BCUT2D eigenvalue weighted by atomic mass is 16.7. The lowest BCUT2D eigenvalue weighted by Crippen LogP contribution is -2.29. The highest BCUT2D eigenvalue weighted by Crippen LogP contribution is 2.35. The van der Waals surface area contributed by atoms with E-state index in [1.165, 1.54) is 0 Å². The zero-order chi connectivity index (χ0) is 10.6. The maximum Gasteiger partial charge on any atom is 0.160 e. The van der Waals surface area contributed by atoms with E-state index in [-0.39, 0.29) is 18.1 Å². The van der Waals surface area contributed by atoms with Crippen molar-refractivity contribution in [2.75, 3.05) is 14.2 Å². The van der Waals surface area contributed by atoms with Crippen molar-refractivity contribution < 1.29 is 14.3 Å². The second-order valence-electron chi connectivity index (χ2n) is 3.64. The Balaban J connectivity index is 2.66. The Kier molecular flexibility index (Phi) is 4.29. The van der Waals surface area contributed by atoms with Crippen LogP contribution in [-0.4, -0.2) is 26.3 Å². The summed E-state index contributed by atoms with van der Waals surface area (Å²) in [4.78, 5) is 11.6. The summed E-state index contributed by atoms with van der Waals surface area (Å²) >= 11 is 0. The van der Waals surface area contributed by atoms with Gasteiger partial charge in [-0.3, -0.25) is 4.79 Å². The molecule has 0 aromatic rings.